The first-order valence-electron chi connectivity index (χ1n) is 12.8. The van der Waals surface area contributed by atoms with Crippen molar-refractivity contribution in [2.75, 3.05) is 23.7 Å². The van der Waals surface area contributed by atoms with Crippen molar-refractivity contribution in [2.45, 2.75) is 38.8 Å². The van der Waals surface area contributed by atoms with Crippen molar-refractivity contribution in [1.82, 2.24) is 10.2 Å². The van der Waals surface area contributed by atoms with Crippen LogP contribution >= 0.6 is 39.1 Å². The minimum absolute atomic E-state index is 0.0893. The first-order chi connectivity index (χ1) is 19.0. The minimum Gasteiger partial charge on any atom is -0.354 e. The van der Waals surface area contributed by atoms with E-state index >= 15 is 0 Å². The van der Waals surface area contributed by atoms with Gasteiger partial charge in [-0.3, -0.25) is 13.9 Å². The zero-order chi connectivity index (χ0) is 29.3. The van der Waals surface area contributed by atoms with Crippen molar-refractivity contribution in [1.29, 1.82) is 0 Å². The fraction of sp³-hybridized carbons (Fsp3) is 0.310. The van der Waals surface area contributed by atoms with Gasteiger partial charge in [0.15, 0.2) is 0 Å². The number of nitrogens with zero attached hydrogens (tertiary/aromatic N) is 2. The number of hydrogen-bond acceptors (Lipinski definition) is 4. The summed E-state index contributed by atoms with van der Waals surface area (Å²) < 4.78 is 27.5. The molecule has 0 unspecified atom stereocenters. The van der Waals surface area contributed by atoms with Gasteiger partial charge in [-0.25, -0.2) is 8.42 Å². The van der Waals surface area contributed by atoms with E-state index in [1.807, 2.05) is 37.3 Å². The van der Waals surface area contributed by atoms with E-state index in [0.717, 1.165) is 33.4 Å². The summed E-state index contributed by atoms with van der Waals surface area (Å²) in [5.41, 5.74) is 1.63. The van der Waals surface area contributed by atoms with Crippen molar-refractivity contribution in [3.05, 3.63) is 98.4 Å². The fourth-order valence-electron chi connectivity index (χ4n) is 4.13. The molecule has 0 aliphatic heterocycles. The van der Waals surface area contributed by atoms with E-state index in [-0.39, 0.29) is 18.9 Å². The number of carbonyl (C=O) groups excluding carboxylic acids is 2. The van der Waals surface area contributed by atoms with Gasteiger partial charge in [0, 0.05) is 39.6 Å². The molecule has 0 spiro atoms. The van der Waals surface area contributed by atoms with Crippen LogP contribution in [0.15, 0.2) is 77.3 Å². The van der Waals surface area contributed by atoms with Crippen molar-refractivity contribution in [3.63, 3.8) is 0 Å². The molecule has 1 atom stereocenters. The SMILES string of the molecule is CCCCNC(=O)[C@H](Cc1ccccc1)N(Cc1c(Cl)cccc1Cl)C(=O)CN(c1ccc(Br)cc1)S(C)(=O)=O. The molecule has 0 heterocycles. The van der Waals surface area contributed by atoms with Crippen LogP contribution < -0.4 is 9.62 Å². The molecule has 0 aliphatic carbocycles. The number of halogens is 3. The molecule has 0 bridgehead atoms. The average Bonchev–Trinajstić information content (AvgIpc) is 2.91. The monoisotopic (exact) mass is 667 g/mol. The lowest BCUT2D eigenvalue weighted by Gasteiger charge is -2.34. The Morgan fingerprint density at radius 2 is 1.57 bits per heavy atom. The second-order valence-electron chi connectivity index (χ2n) is 9.32. The standard InChI is InChI=1S/C29H32BrCl2N3O4S/c1-3-4-17-33-29(37)27(18-21-9-6-5-7-10-21)34(19-24-25(31)11-8-12-26(24)32)28(36)20-35(40(2,38)39)23-15-13-22(30)14-16-23/h5-16,27H,3-4,17-20H2,1-2H3,(H,33,37)/t27-/m0/s1. The average molecular weight is 669 g/mol. The molecule has 214 valence electrons. The van der Waals surface area contributed by atoms with E-state index in [4.69, 9.17) is 23.2 Å². The molecule has 3 aromatic rings. The summed E-state index contributed by atoms with van der Waals surface area (Å²) in [5.74, 6) is -0.917. The summed E-state index contributed by atoms with van der Waals surface area (Å²) in [7, 11) is -3.85. The summed E-state index contributed by atoms with van der Waals surface area (Å²) in [6.07, 6.45) is 2.91. The van der Waals surface area contributed by atoms with E-state index < -0.39 is 28.5 Å². The Bertz CT molecular complexity index is 1390. The van der Waals surface area contributed by atoms with Crippen molar-refractivity contribution in [2.24, 2.45) is 0 Å². The highest BCUT2D eigenvalue weighted by molar-refractivity contribution is 9.10. The quantitative estimate of drug-likeness (QED) is 0.224. The van der Waals surface area contributed by atoms with Gasteiger partial charge in [-0.15, -0.1) is 0 Å². The number of nitrogens with one attached hydrogen (secondary N) is 1. The van der Waals surface area contributed by atoms with Gasteiger partial charge in [-0.05, 0) is 48.4 Å². The predicted octanol–water partition coefficient (Wildman–Crippen LogP) is 6.08. The number of carbonyl (C=O) groups is 2. The Kier molecular flexibility index (Phi) is 11.9. The van der Waals surface area contributed by atoms with Gasteiger partial charge < -0.3 is 10.2 Å². The smallest absolute Gasteiger partial charge is 0.244 e. The molecule has 0 radical (unpaired) electrons. The van der Waals surface area contributed by atoms with Crippen LogP contribution in [-0.2, 0) is 32.6 Å². The number of sulfonamides is 1. The number of unbranched alkanes of at least 4 members (excludes halogenated alkanes) is 1. The number of rotatable bonds is 13. The van der Waals surface area contributed by atoms with Crippen molar-refractivity contribution >= 4 is 66.7 Å². The van der Waals surface area contributed by atoms with Crippen LogP contribution in [0.1, 0.15) is 30.9 Å². The van der Waals surface area contributed by atoms with Crippen molar-refractivity contribution < 1.29 is 18.0 Å². The maximum absolute atomic E-state index is 14.1. The second-order valence-corrected chi connectivity index (χ2v) is 13.0. The highest BCUT2D eigenvalue weighted by Gasteiger charge is 2.33. The first-order valence-corrected chi connectivity index (χ1v) is 16.2. The Morgan fingerprint density at radius 1 is 0.950 bits per heavy atom. The predicted molar refractivity (Wildman–Crippen MR) is 165 cm³/mol. The molecule has 0 saturated carbocycles. The lowest BCUT2D eigenvalue weighted by atomic mass is 10.0. The molecular formula is C29H32BrCl2N3O4S. The lowest BCUT2D eigenvalue weighted by molar-refractivity contribution is -0.140. The van der Waals surface area contributed by atoms with Crippen LogP contribution in [0.25, 0.3) is 0 Å². The number of hydrogen-bond donors (Lipinski definition) is 1. The van der Waals surface area contributed by atoms with E-state index in [1.54, 1.807) is 42.5 Å². The van der Waals surface area contributed by atoms with Crippen molar-refractivity contribution in [3.8, 4) is 0 Å². The van der Waals surface area contributed by atoms with Crippen LogP contribution in [-0.4, -0.2) is 50.5 Å². The highest BCUT2D eigenvalue weighted by Crippen LogP contribution is 2.28. The van der Waals surface area contributed by atoms with Gasteiger partial charge in [-0.2, -0.15) is 0 Å². The normalized spacial score (nSPS) is 12.0. The molecule has 0 saturated heterocycles. The summed E-state index contributed by atoms with van der Waals surface area (Å²) in [5, 5.41) is 3.61. The summed E-state index contributed by atoms with van der Waals surface area (Å²) in [6.45, 7) is 1.86. The van der Waals surface area contributed by atoms with E-state index in [1.165, 1.54) is 4.90 Å². The minimum atomic E-state index is -3.85. The summed E-state index contributed by atoms with van der Waals surface area (Å²) >= 11 is 16.3. The third-order valence-electron chi connectivity index (χ3n) is 6.28. The molecule has 40 heavy (non-hydrogen) atoms. The Morgan fingerprint density at radius 3 is 2.15 bits per heavy atom. The molecule has 3 aromatic carbocycles. The fourth-order valence-corrected chi connectivity index (χ4v) is 5.77. The zero-order valence-corrected chi connectivity index (χ0v) is 26.2. The highest BCUT2D eigenvalue weighted by atomic mass is 79.9. The summed E-state index contributed by atoms with van der Waals surface area (Å²) in [6, 6.07) is 20.0. The maximum Gasteiger partial charge on any atom is 0.244 e. The molecule has 11 heteroatoms. The van der Waals surface area contributed by atoms with Crippen LogP contribution in [0.3, 0.4) is 0 Å². The second kappa shape index (κ2) is 14.9. The van der Waals surface area contributed by atoms with Gasteiger partial charge in [0.1, 0.15) is 12.6 Å². The third-order valence-corrected chi connectivity index (χ3v) is 8.66. The number of anilines is 1. The third kappa shape index (κ3) is 8.96. The van der Waals surface area contributed by atoms with Gasteiger partial charge in [0.25, 0.3) is 0 Å². The maximum atomic E-state index is 14.1. The van der Waals surface area contributed by atoms with Crippen LogP contribution in [0, 0.1) is 0 Å². The van der Waals surface area contributed by atoms with E-state index in [0.29, 0.717) is 27.8 Å². The molecule has 7 nitrogen and oxygen atoms in total. The number of amides is 2. The molecule has 0 aromatic heterocycles. The lowest BCUT2D eigenvalue weighted by Crippen LogP contribution is -2.53. The van der Waals surface area contributed by atoms with Gasteiger partial charge in [0.2, 0.25) is 21.8 Å². The Labute approximate surface area is 254 Å². The molecule has 0 fully saturated rings. The Balaban J connectivity index is 2.07. The first kappa shape index (κ1) is 31.9. The molecule has 2 amide bonds. The molecule has 1 N–H and O–H groups in total. The Hall–Kier alpha value is -2.59. The molecule has 3 rings (SSSR count). The number of benzene rings is 3. The molecular weight excluding hydrogens is 637 g/mol. The van der Waals surface area contributed by atoms with Gasteiger partial charge >= 0.3 is 0 Å². The van der Waals surface area contributed by atoms with Crippen LogP contribution in [0.2, 0.25) is 10.0 Å². The van der Waals surface area contributed by atoms with E-state index in [9.17, 15) is 18.0 Å². The topological polar surface area (TPSA) is 86.8 Å². The van der Waals surface area contributed by atoms with E-state index in [2.05, 4.69) is 21.2 Å². The summed E-state index contributed by atoms with van der Waals surface area (Å²) in [4.78, 5) is 29.1. The largest absolute Gasteiger partial charge is 0.354 e. The van der Waals surface area contributed by atoms with Gasteiger partial charge in [0.05, 0.1) is 11.9 Å². The van der Waals surface area contributed by atoms with Crippen LogP contribution in [0.5, 0.6) is 0 Å². The van der Waals surface area contributed by atoms with Crippen LogP contribution in [0.4, 0.5) is 5.69 Å². The van der Waals surface area contributed by atoms with Gasteiger partial charge in [-0.1, -0.05) is 88.9 Å². The zero-order valence-electron chi connectivity index (χ0n) is 22.3. The molecule has 0 aliphatic rings.